The Bertz CT molecular complexity index is 472. The molecular formula is C10H13BrFNO2S. The van der Waals surface area contributed by atoms with Gasteiger partial charge in [0.15, 0.2) is 0 Å². The normalized spacial score (nSPS) is 12.1. The van der Waals surface area contributed by atoms with Crippen LogP contribution in [0.1, 0.15) is 13.8 Å². The van der Waals surface area contributed by atoms with Crippen molar-refractivity contribution in [2.75, 3.05) is 13.1 Å². The molecule has 1 rings (SSSR count). The lowest BCUT2D eigenvalue weighted by Crippen LogP contribution is -2.31. The molecule has 0 bridgehead atoms. The Balaban J connectivity index is 3.27. The van der Waals surface area contributed by atoms with Crippen LogP contribution in [0.25, 0.3) is 0 Å². The quantitative estimate of drug-likeness (QED) is 0.857. The first-order chi connectivity index (χ1) is 7.43. The summed E-state index contributed by atoms with van der Waals surface area (Å²) in [5, 5.41) is 0. The highest BCUT2D eigenvalue weighted by Crippen LogP contribution is 2.22. The third-order valence-corrected chi connectivity index (χ3v) is 4.79. The molecule has 3 nitrogen and oxygen atoms in total. The fourth-order valence-corrected chi connectivity index (χ4v) is 3.22. The number of halogens is 2. The Kier molecular flexibility index (Phi) is 4.46. The predicted octanol–water partition coefficient (Wildman–Crippen LogP) is 2.62. The van der Waals surface area contributed by atoms with Crippen LogP contribution in [-0.4, -0.2) is 25.8 Å². The first-order valence-corrected chi connectivity index (χ1v) is 7.12. The zero-order valence-electron chi connectivity index (χ0n) is 9.07. The molecule has 0 aliphatic heterocycles. The average Bonchev–Trinajstić information content (AvgIpc) is 2.18. The molecule has 90 valence electrons. The summed E-state index contributed by atoms with van der Waals surface area (Å²) < 4.78 is 39.3. The van der Waals surface area contributed by atoms with Crippen molar-refractivity contribution >= 4 is 26.0 Å². The van der Waals surface area contributed by atoms with Gasteiger partial charge in [-0.15, -0.1) is 0 Å². The van der Waals surface area contributed by atoms with Gasteiger partial charge in [-0.1, -0.05) is 29.8 Å². The molecule has 0 heterocycles. The molecular weight excluding hydrogens is 297 g/mol. The molecule has 1 aromatic carbocycles. The molecule has 0 saturated heterocycles. The smallest absolute Gasteiger partial charge is 0.207 e. The molecule has 1 aromatic rings. The molecule has 16 heavy (non-hydrogen) atoms. The van der Waals surface area contributed by atoms with Crippen LogP contribution in [0.5, 0.6) is 0 Å². The minimum atomic E-state index is -3.71. The maximum Gasteiger partial charge on any atom is 0.245 e. The first-order valence-electron chi connectivity index (χ1n) is 4.88. The molecule has 0 fully saturated rings. The topological polar surface area (TPSA) is 37.4 Å². The van der Waals surface area contributed by atoms with Crippen molar-refractivity contribution in [3.05, 3.63) is 28.5 Å². The van der Waals surface area contributed by atoms with Crippen LogP contribution in [-0.2, 0) is 10.0 Å². The Labute approximate surface area is 103 Å². The van der Waals surface area contributed by atoms with Crippen molar-refractivity contribution in [2.24, 2.45) is 0 Å². The summed E-state index contributed by atoms with van der Waals surface area (Å²) in [5.74, 6) is -0.735. The molecule has 0 aliphatic rings. The third kappa shape index (κ3) is 2.61. The number of nitrogens with zero attached hydrogens (tertiary/aromatic N) is 1. The zero-order chi connectivity index (χ0) is 12.3. The first kappa shape index (κ1) is 13.6. The van der Waals surface area contributed by atoms with Gasteiger partial charge in [-0.2, -0.15) is 4.31 Å². The van der Waals surface area contributed by atoms with Gasteiger partial charge in [0.1, 0.15) is 10.7 Å². The Hall–Kier alpha value is -0.460. The average molecular weight is 310 g/mol. The molecule has 0 saturated carbocycles. The molecule has 0 spiro atoms. The minimum Gasteiger partial charge on any atom is -0.207 e. The Morgan fingerprint density at radius 3 is 2.31 bits per heavy atom. The second kappa shape index (κ2) is 5.25. The summed E-state index contributed by atoms with van der Waals surface area (Å²) in [6.45, 7) is 4.10. The third-order valence-electron chi connectivity index (χ3n) is 2.22. The molecule has 0 amide bonds. The summed E-state index contributed by atoms with van der Waals surface area (Å²) in [5.41, 5.74) is 0. The lowest BCUT2D eigenvalue weighted by Gasteiger charge is -2.18. The summed E-state index contributed by atoms with van der Waals surface area (Å²) in [4.78, 5) is -0.278. The van der Waals surface area contributed by atoms with Gasteiger partial charge >= 0.3 is 0 Å². The van der Waals surface area contributed by atoms with Crippen LogP contribution in [0.2, 0.25) is 0 Å². The van der Waals surface area contributed by atoms with Gasteiger partial charge in [-0.3, -0.25) is 0 Å². The maximum absolute atomic E-state index is 13.5. The summed E-state index contributed by atoms with van der Waals surface area (Å²) in [6, 6.07) is 3.93. The molecule has 0 aliphatic carbocycles. The van der Waals surface area contributed by atoms with E-state index >= 15 is 0 Å². The molecule has 6 heteroatoms. The van der Waals surface area contributed by atoms with E-state index in [9.17, 15) is 12.8 Å². The van der Waals surface area contributed by atoms with Crippen LogP contribution in [0.3, 0.4) is 0 Å². The molecule has 0 radical (unpaired) electrons. The summed E-state index contributed by atoms with van der Waals surface area (Å²) >= 11 is 3.09. The number of hydrogen-bond donors (Lipinski definition) is 0. The van der Waals surface area contributed by atoms with E-state index in [1.807, 2.05) is 0 Å². The van der Waals surface area contributed by atoms with Crippen molar-refractivity contribution in [1.82, 2.24) is 4.31 Å². The highest BCUT2D eigenvalue weighted by molar-refractivity contribution is 9.10. The largest absolute Gasteiger partial charge is 0.245 e. The SMILES string of the molecule is CCN(CC)S(=O)(=O)c1ccc(Br)cc1F. The van der Waals surface area contributed by atoms with E-state index in [-0.39, 0.29) is 4.90 Å². The molecule has 0 aromatic heterocycles. The van der Waals surface area contributed by atoms with Crippen LogP contribution < -0.4 is 0 Å². The van der Waals surface area contributed by atoms with Gasteiger partial charge < -0.3 is 0 Å². The fraction of sp³-hybridized carbons (Fsp3) is 0.400. The van der Waals surface area contributed by atoms with Crippen LogP contribution >= 0.6 is 15.9 Å². The Morgan fingerprint density at radius 2 is 1.88 bits per heavy atom. The van der Waals surface area contributed by atoms with Crippen molar-refractivity contribution < 1.29 is 12.8 Å². The highest BCUT2D eigenvalue weighted by Gasteiger charge is 2.24. The minimum absolute atomic E-state index is 0.278. The fourth-order valence-electron chi connectivity index (χ4n) is 1.39. The number of hydrogen-bond acceptors (Lipinski definition) is 2. The van der Waals surface area contributed by atoms with E-state index in [2.05, 4.69) is 15.9 Å². The maximum atomic E-state index is 13.5. The van der Waals surface area contributed by atoms with Crippen molar-refractivity contribution in [2.45, 2.75) is 18.7 Å². The summed E-state index contributed by atoms with van der Waals surface area (Å²) in [7, 11) is -3.71. The van der Waals surface area contributed by atoms with Crippen LogP contribution in [0.15, 0.2) is 27.6 Å². The van der Waals surface area contributed by atoms with Gasteiger partial charge in [0.25, 0.3) is 0 Å². The predicted molar refractivity (Wildman–Crippen MR) is 64.2 cm³/mol. The van der Waals surface area contributed by atoms with Crippen molar-refractivity contribution in [3.8, 4) is 0 Å². The van der Waals surface area contributed by atoms with E-state index in [0.717, 1.165) is 6.07 Å². The standard InChI is InChI=1S/C10H13BrFNO2S/c1-3-13(4-2)16(14,15)10-6-5-8(11)7-9(10)12/h5-7H,3-4H2,1-2H3. The van der Waals surface area contributed by atoms with E-state index in [0.29, 0.717) is 17.6 Å². The van der Waals surface area contributed by atoms with Crippen molar-refractivity contribution in [3.63, 3.8) is 0 Å². The Morgan fingerprint density at radius 1 is 1.31 bits per heavy atom. The van der Waals surface area contributed by atoms with Gasteiger partial charge in [0, 0.05) is 17.6 Å². The lowest BCUT2D eigenvalue weighted by molar-refractivity contribution is 0.440. The van der Waals surface area contributed by atoms with Gasteiger partial charge in [-0.25, -0.2) is 12.8 Å². The second-order valence-electron chi connectivity index (χ2n) is 3.16. The van der Waals surface area contributed by atoms with E-state index < -0.39 is 15.8 Å². The van der Waals surface area contributed by atoms with Gasteiger partial charge in [0.05, 0.1) is 0 Å². The van der Waals surface area contributed by atoms with Gasteiger partial charge in [0.2, 0.25) is 10.0 Å². The molecule has 0 N–H and O–H groups in total. The van der Waals surface area contributed by atoms with Crippen molar-refractivity contribution in [1.29, 1.82) is 0 Å². The zero-order valence-corrected chi connectivity index (χ0v) is 11.5. The number of benzene rings is 1. The van der Waals surface area contributed by atoms with Crippen LogP contribution in [0, 0.1) is 5.82 Å². The monoisotopic (exact) mass is 309 g/mol. The van der Waals surface area contributed by atoms with E-state index in [4.69, 9.17) is 0 Å². The van der Waals surface area contributed by atoms with Crippen LogP contribution in [0.4, 0.5) is 4.39 Å². The lowest BCUT2D eigenvalue weighted by atomic mass is 10.3. The highest BCUT2D eigenvalue weighted by atomic mass is 79.9. The number of rotatable bonds is 4. The molecule has 0 unspecified atom stereocenters. The van der Waals surface area contributed by atoms with Gasteiger partial charge in [-0.05, 0) is 18.2 Å². The van der Waals surface area contributed by atoms with E-state index in [1.54, 1.807) is 13.8 Å². The summed E-state index contributed by atoms with van der Waals surface area (Å²) in [6.07, 6.45) is 0. The van der Waals surface area contributed by atoms with E-state index in [1.165, 1.54) is 16.4 Å². The second-order valence-corrected chi connectivity index (χ2v) is 5.99. The molecule has 0 atom stereocenters. The number of sulfonamides is 1.